The fourth-order valence-corrected chi connectivity index (χ4v) is 5.48. The van der Waals surface area contributed by atoms with Gasteiger partial charge in [-0.2, -0.15) is 0 Å². The van der Waals surface area contributed by atoms with Crippen molar-refractivity contribution in [2.45, 2.75) is 5.60 Å². The van der Waals surface area contributed by atoms with Crippen LogP contribution in [0.25, 0.3) is 11.1 Å². The van der Waals surface area contributed by atoms with Crippen LogP contribution in [0.2, 0.25) is 0 Å². The molecule has 0 fully saturated rings. The van der Waals surface area contributed by atoms with E-state index in [1.807, 2.05) is 85.9 Å². The number of benzene rings is 5. The van der Waals surface area contributed by atoms with Crippen molar-refractivity contribution in [1.82, 2.24) is 0 Å². The van der Waals surface area contributed by atoms with Gasteiger partial charge in [-0.1, -0.05) is 72.8 Å². The van der Waals surface area contributed by atoms with Crippen LogP contribution < -0.4 is 9.64 Å². The summed E-state index contributed by atoms with van der Waals surface area (Å²) in [6.45, 7) is 0. The Labute approximate surface area is 215 Å². The second-order valence-corrected chi connectivity index (χ2v) is 9.37. The molecule has 0 saturated carbocycles. The summed E-state index contributed by atoms with van der Waals surface area (Å²) in [5.41, 5.74) is 6.12. The molecule has 0 aliphatic carbocycles. The summed E-state index contributed by atoms with van der Waals surface area (Å²) in [5, 5.41) is 0. The van der Waals surface area contributed by atoms with E-state index in [-0.39, 0.29) is 5.97 Å². The SMILES string of the molecule is CN(c1ccccc1)c1ccc2c(c1)Oc1ccc(-c3ccccc3)cc1C21OC(=O)c2ccccc21. The maximum atomic E-state index is 13.2. The van der Waals surface area contributed by atoms with E-state index < -0.39 is 5.60 Å². The Bertz CT molecular complexity index is 1660. The summed E-state index contributed by atoms with van der Waals surface area (Å²) >= 11 is 0. The fourth-order valence-electron chi connectivity index (χ4n) is 5.48. The lowest BCUT2D eigenvalue weighted by molar-refractivity contribution is 0.0224. The molecule has 2 aliphatic rings. The van der Waals surface area contributed by atoms with E-state index in [0.717, 1.165) is 39.2 Å². The molecular formula is C33H23NO3. The molecule has 1 atom stereocenters. The number of para-hydroxylation sites is 1. The van der Waals surface area contributed by atoms with Crippen LogP contribution in [0.1, 0.15) is 27.0 Å². The largest absolute Gasteiger partial charge is 0.456 e. The Hall–Kier alpha value is -4.83. The predicted molar refractivity (Wildman–Crippen MR) is 145 cm³/mol. The molecule has 178 valence electrons. The number of rotatable bonds is 3. The zero-order chi connectivity index (χ0) is 25.0. The van der Waals surface area contributed by atoms with Gasteiger partial charge in [0.15, 0.2) is 5.60 Å². The third-order valence-electron chi connectivity index (χ3n) is 7.33. The minimum atomic E-state index is -1.09. The van der Waals surface area contributed by atoms with Crippen LogP contribution in [0.15, 0.2) is 121 Å². The van der Waals surface area contributed by atoms with Crippen LogP contribution in [0, 0.1) is 0 Å². The maximum absolute atomic E-state index is 13.2. The van der Waals surface area contributed by atoms with Gasteiger partial charge >= 0.3 is 5.97 Å². The van der Waals surface area contributed by atoms with E-state index in [0.29, 0.717) is 17.1 Å². The monoisotopic (exact) mass is 481 g/mol. The van der Waals surface area contributed by atoms with Gasteiger partial charge in [-0.15, -0.1) is 0 Å². The van der Waals surface area contributed by atoms with Crippen LogP contribution in [0.3, 0.4) is 0 Å². The van der Waals surface area contributed by atoms with E-state index >= 15 is 0 Å². The van der Waals surface area contributed by atoms with Gasteiger partial charge in [0.05, 0.1) is 5.56 Å². The smallest absolute Gasteiger partial charge is 0.340 e. The first-order valence-electron chi connectivity index (χ1n) is 12.3. The first-order valence-corrected chi connectivity index (χ1v) is 12.3. The zero-order valence-electron chi connectivity index (χ0n) is 20.2. The summed E-state index contributed by atoms with van der Waals surface area (Å²) in [6.07, 6.45) is 0. The van der Waals surface area contributed by atoms with Crippen molar-refractivity contribution < 1.29 is 14.3 Å². The van der Waals surface area contributed by atoms with Crippen molar-refractivity contribution in [2.75, 3.05) is 11.9 Å². The lowest BCUT2D eigenvalue weighted by atomic mass is 9.77. The number of nitrogens with zero attached hydrogens (tertiary/aromatic N) is 1. The van der Waals surface area contributed by atoms with Crippen molar-refractivity contribution >= 4 is 17.3 Å². The van der Waals surface area contributed by atoms with Crippen molar-refractivity contribution in [3.8, 4) is 22.6 Å². The third kappa shape index (κ3) is 3.19. The summed E-state index contributed by atoms with van der Waals surface area (Å²) in [5.74, 6) is 1.02. The van der Waals surface area contributed by atoms with Gasteiger partial charge in [0.1, 0.15) is 11.5 Å². The average molecular weight is 482 g/mol. The lowest BCUT2D eigenvalue weighted by Crippen LogP contribution is -2.33. The number of carbonyl (C=O) groups is 1. The molecule has 37 heavy (non-hydrogen) atoms. The molecule has 4 heteroatoms. The predicted octanol–water partition coefficient (Wildman–Crippen LogP) is 7.69. The summed E-state index contributed by atoms with van der Waals surface area (Å²) in [6, 6.07) is 40.2. The summed E-state index contributed by atoms with van der Waals surface area (Å²) in [4.78, 5) is 15.3. The molecular weight excluding hydrogens is 458 g/mol. The highest BCUT2D eigenvalue weighted by molar-refractivity contribution is 5.97. The number of ether oxygens (including phenoxy) is 2. The second-order valence-electron chi connectivity index (χ2n) is 9.37. The Morgan fingerprint density at radius 1 is 0.595 bits per heavy atom. The Kier molecular flexibility index (Phi) is 4.70. The average Bonchev–Trinajstić information content (AvgIpc) is 3.26. The molecule has 5 aromatic rings. The van der Waals surface area contributed by atoms with E-state index in [2.05, 4.69) is 47.4 Å². The Morgan fingerprint density at radius 3 is 2.14 bits per heavy atom. The summed E-state index contributed by atoms with van der Waals surface area (Å²) in [7, 11) is 2.03. The van der Waals surface area contributed by atoms with Crippen LogP contribution in [-0.4, -0.2) is 13.0 Å². The molecule has 2 heterocycles. The van der Waals surface area contributed by atoms with Gasteiger partial charge in [-0.05, 0) is 53.6 Å². The highest BCUT2D eigenvalue weighted by Gasteiger charge is 2.53. The molecule has 0 amide bonds. The molecule has 0 radical (unpaired) electrons. The van der Waals surface area contributed by atoms with Crippen molar-refractivity contribution in [2.24, 2.45) is 0 Å². The highest BCUT2D eigenvalue weighted by atomic mass is 16.6. The van der Waals surface area contributed by atoms with Gasteiger partial charge in [0.25, 0.3) is 0 Å². The number of fused-ring (bicyclic) bond motifs is 6. The van der Waals surface area contributed by atoms with E-state index in [9.17, 15) is 4.79 Å². The quantitative estimate of drug-likeness (QED) is 0.248. The Morgan fingerprint density at radius 2 is 1.32 bits per heavy atom. The lowest BCUT2D eigenvalue weighted by Gasteiger charge is -2.37. The maximum Gasteiger partial charge on any atom is 0.340 e. The van der Waals surface area contributed by atoms with Gasteiger partial charge in [-0.25, -0.2) is 4.79 Å². The van der Waals surface area contributed by atoms with Gasteiger partial charge in [-0.3, -0.25) is 0 Å². The van der Waals surface area contributed by atoms with E-state index in [1.165, 1.54) is 0 Å². The molecule has 0 aromatic heterocycles. The minimum Gasteiger partial charge on any atom is -0.456 e. The van der Waals surface area contributed by atoms with Gasteiger partial charge in [0, 0.05) is 41.2 Å². The van der Waals surface area contributed by atoms with Crippen molar-refractivity contribution in [3.63, 3.8) is 0 Å². The number of hydrogen-bond acceptors (Lipinski definition) is 4. The Balaban J connectivity index is 1.45. The van der Waals surface area contributed by atoms with Crippen molar-refractivity contribution in [3.05, 3.63) is 144 Å². The van der Waals surface area contributed by atoms with E-state index in [1.54, 1.807) is 0 Å². The molecule has 0 bridgehead atoms. The number of anilines is 2. The van der Waals surface area contributed by atoms with Crippen LogP contribution in [0.5, 0.6) is 11.5 Å². The molecule has 5 aromatic carbocycles. The summed E-state index contributed by atoms with van der Waals surface area (Å²) < 4.78 is 12.9. The number of hydrogen-bond donors (Lipinski definition) is 0. The number of esters is 1. The number of carbonyl (C=O) groups excluding carboxylic acids is 1. The molecule has 4 nitrogen and oxygen atoms in total. The first-order chi connectivity index (χ1) is 18.1. The van der Waals surface area contributed by atoms with Crippen LogP contribution in [0.4, 0.5) is 11.4 Å². The van der Waals surface area contributed by atoms with E-state index in [4.69, 9.17) is 9.47 Å². The molecule has 7 rings (SSSR count). The van der Waals surface area contributed by atoms with Crippen LogP contribution >= 0.6 is 0 Å². The molecule has 0 saturated heterocycles. The fraction of sp³-hybridized carbons (Fsp3) is 0.0606. The molecule has 0 N–H and O–H groups in total. The standard InChI is InChI=1S/C33H23NO3/c1-34(24-12-6-3-7-13-24)25-17-18-28-31(21-25)36-30-19-16-23(22-10-4-2-5-11-22)20-29(30)33(28)27-15-9-8-14-26(27)32(35)37-33/h2-21H,1H3. The topological polar surface area (TPSA) is 38.8 Å². The van der Waals surface area contributed by atoms with Gasteiger partial charge in [0.2, 0.25) is 0 Å². The minimum absolute atomic E-state index is 0.329. The first kappa shape index (κ1) is 21.5. The van der Waals surface area contributed by atoms with Crippen LogP contribution in [-0.2, 0) is 10.3 Å². The molecule has 1 spiro atoms. The normalized spacial score (nSPS) is 16.8. The second kappa shape index (κ2) is 8.10. The third-order valence-corrected chi connectivity index (χ3v) is 7.33. The van der Waals surface area contributed by atoms with Crippen molar-refractivity contribution in [1.29, 1.82) is 0 Å². The molecule has 2 aliphatic heterocycles. The highest BCUT2D eigenvalue weighted by Crippen LogP contribution is 2.57. The molecule has 1 unspecified atom stereocenters. The zero-order valence-corrected chi connectivity index (χ0v) is 20.2. The van der Waals surface area contributed by atoms with Gasteiger partial charge < -0.3 is 14.4 Å².